The second-order valence-electron chi connectivity index (χ2n) is 5.46. The highest BCUT2D eigenvalue weighted by Crippen LogP contribution is 2.72. The molecule has 0 radical (unpaired) electrons. The van der Waals surface area contributed by atoms with E-state index in [2.05, 4.69) is 41.2 Å². The van der Waals surface area contributed by atoms with Gasteiger partial charge in [-0.05, 0) is 35.6 Å². The van der Waals surface area contributed by atoms with Gasteiger partial charge in [-0.25, -0.2) is 0 Å². The maximum absolute atomic E-state index is 3.48. The summed E-state index contributed by atoms with van der Waals surface area (Å²) in [5, 5.41) is 1.57. The molecule has 3 aliphatic rings. The fourth-order valence-electron chi connectivity index (χ4n) is 3.53. The third kappa shape index (κ3) is 1.40. The van der Waals surface area contributed by atoms with Gasteiger partial charge >= 0.3 is 0 Å². The van der Waals surface area contributed by atoms with E-state index in [1.165, 1.54) is 25.7 Å². The van der Waals surface area contributed by atoms with Crippen molar-refractivity contribution in [2.24, 2.45) is 11.3 Å². The SMILES string of the molecule is CC1(C)C2CCCC1([SiH2]C#CCBr)C2. The molecule has 3 aliphatic carbocycles. The maximum Gasteiger partial charge on any atom is 0.113 e. The predicted octanol–water partition coefficient (Wildman–Crippen LogP) is 2.90. The average Bonchev–Trinajstić information content (AvgIpc) is 2.18. The Balaban J connectivity index is 2.08. The van der Waals surface area contributed by atoms with Gasteiger partial charge in [-0.3, -0.25) is 0 Å². The zero-order valence-electron chi connectivity index (χ0n) is 9.20. The lowest BCUT2D eigenvalue weighted by molar-refractivity contribution is -0.0496. The van der Waals surface area contributed by atoms with Crippen molar-refractivity contribution >= 4 is 25.4 Å². The van der Waals surface area contributed by atoms with Crippen molar-refractivity contribution in [2.45, 2.75) is 44.6 Å². The Morgan fingerprint density at radius 3 is 2.86 bits per heavy atom. The van der Waals surface area contributed by atoms with Gasteiger partial charge in [0.25, 0.3) is 0 Å². The van der Waals surface area contributed by atoms with Gasteiger partial charge in [-0.1, -0.05) is 42.1 Å². The van der Waals surface area contributed by atoms with Gasteiger partial charge in [-0.15, -0.1) is 5.54 Å². The fourth-order valence-corrected chi connectivity index (χ4v) is 6.35. The molecule has 0 heterocycles. The van der Waals surface area contributed by atoms with Gasteiger partial charge in [-0.2, -0.15) is 0 Å². The Morgan fingerprint density at radius 2 is 2.29 bits per heavy atom. The van der Waals surface area contributed by atoms with Gasteiger partial charge in [0.1, 0.15) is 9.52 Å². The molecule has 3 saturated carbocycles. The van der Waals surface area contributed by atoms with E-state index >= 15 is 0 Å². The van der Waals surface area contributed by atoms with E-state index in [-0.39, 0.29) is 9.52 Å². The number of fused-ring (bicyclic) bond motifs is 2. The van der Waals surface area contributed by atoms with Crippen molar-refractivity contribution in [3.05, 3.63) is 0 Å². The zero-order valence-corrected chi connectivity index (χ0v) is 12.2. The minimum Gasteiger partial charge on any atom is -0.138 e. The summed E-state index contributed by atoms with van der Waals surface area (Å²) >= 11 is 3.38. The molecule has 0 saturated heterocycles. The molecule has 3 fully saturated rings. The van der Waals surface area contributed by atoms with Crippen LogP contribution in [0.25, 0.3) is 0 Å². The van der Waals surface area contributed by atoms with E-state index in [1.54, 1.807) is 0 Å². The molecule has 2 heteroatoms. The van der Waals surface area contributed by atoms with Crippen molar-refractivity contribution in [1.82, 2.24) is 0 Å². The molecule has 0 N–H and O–H groups in total. The van der Waals surface area contributed by atoms with Crippen LogP contribution in [-0.4, -0.2) is 14.8 Å². The maximum atomic E-state index is 3.48. The van der Waals surface area contributed by atoms with Gasteiger partial charge < -0.3 is 0 Å². The summed E-state index contributed by atoms with van der Waals surface area (Å²) in [6.45, 7) is 4.98. The van der Waals surface area contributed by atoms with Crippen LogP contribution in [0.3, 0.4) is 0 Å². The summed E-state index contributed by atoms with van der Waals surface area (Å²) in [6, 6.07) is 0. The first-order valence-electron chi connectivity index (χ1n) is 5.64. The predicted molar refractivity (Wildman–Crippen MR) is 68.5 cm³/mol. The Bertz CT molecular complexity index is 282. The molecule has 14 heavy (non-hydrogen) atoms. The molecular weight excluding hydrogens is 252 g/mol. The van der Waals surface area contributed by atoms with E-state index in [0.29, 0.717) is 10.5 Å². The van der Waals surface area contributed by atoms with Crippen LogP contribution in [-0.2, 0) is 0 Å². The minimum absolute atomic E-state index is 0.171. The molecule has 2 atom stereocenters. The Morgan fingerprint density at radius 1 is 1.50 bits per heavy atom. The van der Waals surface area contributed by atoms with Gasteiger partial charge in [0, 0.05) is 0 Å². The molecule has 0 spiro atoms. The summed E-state index contributed by atoms with van der Waals surface area (Å²) in [5.74, 6) is 4.23. The average molecular weight is 271 g/mol. The highest BCUT2D eigenvalue weighted by atomic mass is 79.9. The van der Waals surface area contributed by atoms with Gasteiger partial charge in [0.2, 0.25) is 0 Å². The smallest absolute Gasteiger partial charge is 0.113 e. The second kappa shape index (κ2) is 3.68. The third-order valence-corrected chi connectivity index (χ3v) is 7.79. The molecule has 2 unspecified atom stereocenters. The Labute approximate surface area is 98.2 Å². The molecule has 0 aliphatic heterocycles. The van der Waals surface area contributed by atoms with Crippen LogP contribution in [0, 0.1) is 22.8 Å². The molecule has 3 rings (SSSR count). The van der Waals surface area contributed by atoms with E-state index in [9.17, 15) is 0 Å². The highest BCUT2D eigenvalue weighted by Gasteiger charge is 2.60. The first kappa shape index (κ1) is 10.8. The van der Waals surface area contributed by atoms with Crippen molar-refractivity contribution in [3.8, 4) is 11.5 Å². The quantitative estimate of drug-likeness (QED) is 0.391. The summed E-state index contributed by atoms with van der Waals surface area (Å²) in [5.41, 5.74) is 4.10. The molecular formula is C12H19BrSi. The number of hydrogen-bond acceptors (Lipinski definition) is 0. The Hall–Kier alpha value is 0.257. The second-order valence-corrected chi connectivity index (χ2v) is 8.08. The molecule has 0 amide bonds. The monoisotopic (exact) mass is 270 g/mol. The standard InChI is InChI=1S/C12H19BrSi/c1-11(2)10-5-3-6-12(11,9-10)14-8-4-7-13/h10H,3,5-7,9,14H2,1-2H3. The molecule has 78 valence electrons. The topological polar surface area (TPSA) is 0 Å². The van der Waals surface area contributed by atoms with Gasteiger partial charge in [0.15, 0.2) is 0 Å². The first-order chi connectivity index (χ1) is 6.62. The van der Waals surface area contributed by atoms with Crippen molar-refractivity contribution in [2.75, 3.05) is 5.33 Å². The van der Waals surface area contributed by atoms with Crippen molar-refractivity contribution < 1.29 is 0 Å². The molecule has 2 bridgehead atoms. The van der Waals surface area contributed by atoms with Crippen LogP contribution < -0.4 is 0 Å². The summed E-state index contributed by atoms with van der Waals surface area (Å²) in [7, 11) is -0.171. The van der Waals surface area contributed by atoms with Crippen LogP contribution in [0.1, 0.15) is 39.5 Å². The normalized spacial score (nSPS) is 38.9. The lowest BCUT2D eigenvalue weighted by Crippen LogP contribution is -2.55. The number of rotatable bonds is 1. The summed E-state index contributed by atoms with van der Waals surface area (Å²) in [6.07, 6.45) is 5.93. The van der Waals surface area contributed by atoms with Gasteiger partial charge in [0.05, 0.1) is 5.33 Å². The van der Waals surface area contributed by atoms with Crippen LogP contribution in [0.4, 0.5) is 0 Å². The lowest BCUT2D eigenvalue weighted by Gasteiger charge is -2.65. The highest BCUT2D eigenvalue weighted by molar-refractivity contribution is 9.09. The molecule has 0 aromatic heterocycles. The third-order valence-electron chi connectivity index (χ3n) is 4.85. The van der Waals surface area contributed by atoms with Crippen LogP contribution in [0.15, 0.2) is 0 Å². The number of alkyl halides is 1. The largest absolute Gasteiger partial charge is 0.138 e. The Kier molecular flexibility index (Phi) is 2.83. The van der Waals surface area contributed by atoms with E-state index < -0.39 is 0 Å². The first-order valence-corrected chi connectivity index (χ1v) is 8.18. The number of halogens is 1. The van der Waals surface area contributed by atoms with Crippen molar-refractivity contribution in [1.29, 1.82) is 0 Å². The van der Waals surface area contributed by atoms with Crippen LogP contribution >= 0.6 is 15.9 Å². The van der Waals surface area contributed by atoms with Crippen LogP contribution in [0.5, 0.6) is 0 Å². The minimum atomic E-state index is -0.171. The van der Waals surface area contributed by atoms with E-state index in [1.807, 2.05) is 0 Å². The summed E-state index contributed by atoms with van der Waals surface area (Å²) in [4.78, 5) is 0. The lowest BCUT2D eigenvalue weighted by atomic mass is 9.48. The fraction of sp³-hybridized carbons (Fsp3) is 0.833. The molecule has 0 nitrogen and oxygen atoms in total. The molecule has 0 aromatic carbocycles. The van der Waals surface area contributed by atoms with E-state index in [0.717, 1.165) is 11.2 Å². The molecule has 0 aromatic rings. The van der Waals surface area contributed by atoms with Crippen molar-refractivity contribution in [3.63, 3.8) is 0 Å². The van der Waals surface area contributed by atoms with E-state index in [4.69, 9.17) is 0 Å². The summed E-state index contributed by atoms with van der Waals surface area (Å²) < 4.78 is 0. The number of hydrogen-bond donors (Lipinski definition) is 0. The van der Waals surface area contributed by atoms with Crippen LogP contribution in [0.2, 0.25) is 5.04 Å². The zero-order chi connectivity index (χ0) is 10.2.